The van der Waals surface area contributed by atoms with Gasteiger partial charge in [-0.3, -0.25) is 44.3 Å². The number of guanidine groups is 1. The number of H-pyrrole nitrogens is 1. The van der Waals surface area contributed by atoms with Crippen molar-refractivity contribution in [1.29, 1.82) is 5.41 Å². The maximum absolute atomic E-state index is 14.7. The quantitative estimate of drug-likeness (QED) is 0.0494. The number of hydrogen-bond acceptors (Lipinski definition) is 11. The van der Waals surface area contributed by atoms with E-state index >= 15 is 0 Å². The van der Waals surface area contributed by atoms with Crippen LogP contribution in [-0.4, -0.2) is 142 Å². The summed E-state index contributed by atoms with van der Waals surface area (Å²) in [5.74, 6) is -5.35. The molecule has 0 radical (unpaired) electrons. The van der Waals surface area contributed by atoms with Crippen LogP contribution in [0, 0.1) is 11.3 Å². The monoisotopic (exact) mass is 943 g/mol. The number of amides is 6. The lowest BCUT2D eigenvalue weighted by Crippen LogP contribution is -2.60. The van der Waals surface area contributed by atoms with Crippen LogP contribution in [0.25, 0.3) is 10.9 Å². The van der Waals surface area contributed by atoms with Crippen LogP contribution in [0.15, 0.2) is 60.8 Å². The van der Waals surface area contributed by atoms with Crippen LogP contribution in [0.4, 0.5) is 0 Å². The smallest absolute Gasteiger partial charge is 0.317 e. The number of hydrogen-bond donors (Lipinski definition) is 13. The highest BCUT2D eigenvalue weighted by Crippen LogP contribution is 2.29. The van der Waals surface area contributed by atoms with Crippen LogP contribution in [0.1, 0.15) is 75.3 Å². The van der Waals surface area contributed by atoms with E-state index in [1.54, 1.807) is 36.5 Å². The number of para-hydroxylation sites is 1. The molecule has 3 fully saturated rings. The minimum Gasteiger partial charge on any atom is -0.480 e. The molecule has 6 rings (SSSR count). The number of aliphatic hydroxyl groups excluding tert-OH is 1. The number of carboxylic acid groups (broad SMARTS) is 1. The Kier molecular flexibility index (Phi) is 18.3. The second kappa shape index (κ2) is 24.4. The molecule has 1 aromatic heterocycles. The Labute approximate surface area is 394 Å². The van der Waals surface area contributed by atoms with Crippen molar-refractivity contribution < 1.29 is 43.8 Å². The molecule has 1 aliphatic carbocycles. The zero-order chi connectivity index (χ0) is 48.7. The van der Waals surface area contributed by atoms with Gasteiger partial charge in [-0.1, -0.05) is 48.5 Å². The third-order valence-corrected chi connectivity index (χ3v) is 13.0. The first-order chi connectivity index (χ1) is 32.6. The molecule has 2 saturated heterocycles. The zero-order valence-corrected chi connectivity index (χ0v) is 38.1. The molecule has 15 N–H and O–H groups in total. The van der Waals surface area contributed by atoms with Gasteiger partial charge in [0.05, 0.1) is 18.7 Å². The van der Waals surface area contributed by atoms with E-state index in [1.807, 2.05) is 24.3 Å². The number of carboxylic acids is 1. The summed E-state index contributed by atoms with van der Waals surface area (Å²) in [6.07, 6.45) is 4.32. The molecule has 21 heteroatoms. The largest absolute Gasteiger partial charge is 0.480 e. The number of benzene rings is 2. The zero-order valence-electron chi connectivity index (χ0n) is 38.1. The summed E-state index contributed by atoms with van der Waals surface area (Å²) in [7, 11) is 0. The van der Waals surface area contributed by atoms with Gasteiger partial charge >= 0.3 is 5.97 Å². The van der Waals surface area contributed by atoms with E-state index < -0.39 is 96.4 Å². The van der Waals surface area contributed by atoms with Crippen LogP contribution >= 0.6 is 0 Å². The van der Waals surface area contributed by atoms with Crippen LogP contribution in [0.2, 0.25) is 0 Å². The third-order valence-electron chi connectivity index (χ3n) is 13.0. The highest BCUT2D eigenvalue weighted by molar-refractivity contribution is 5.97. The fraction of sp³-hybridized carbons (Fsp3) is 0.532. The second-order valence-electron chi connectivity index (χ2n) is 18.2. The van der Waals surface area contributed by atoms with Gasteiger partial charge in [-0.2, -0.15) is 0 Å². The summed E-state index contributed by atoms with van der Waals surface area (Å²) in [6, 6.07) is 8.76. The number of aliphatic carboxylic acids is 1. The van der Waals surface area contributed by atoms with E-state index in [1.165, 1.54) is 4.90 Å². The molecular weight excluding hydrogens is 877 g/mol. The molecule has 2 aromatic carbocycles. The summed E-state index contributed by atoms with van der Waals surface area (Å²) in [5.41, 5.74) is 14.2. The minimum atomic E-state index is -1.25. The Morgan fingerprint density at radius 1 is 0.868 bits per heavy atom. The summed E-state index contributed by atoms with van der Waals surface area (Å²) in [4.78, 5) is 103. The molecule has 3 aromatic rings. The fourth-order valence-electron chi connectivity index (χ4n) is 9.33. The highest BCUT2D eigenvalue weighted by atomic mass is 16.4. The van der Waals surface area contributed by atoms with E-state index in [2.05, 4.69) is 42.2 Å². The second-order valence-corrected chi connectivity index (χ2v) is 18.2. The summed E-state index contributed by atoms with van der Waals surface area (Å²) >= 11 is 0. The first kappa shape index (κ1) is 50.8. The third kappa shape index (κ3) is 14.5. The normalized spacial score (nSPS) is 26.0. The molecule has 0 bridgehead atoms. The first-order valence-electron chi connectivity index (χ1n) is 23.5. The maximum atomic E-state index is 14.7. The van der Waals surface area contributed by atoms with E-state index in [0.29, 0.717) is 32.1 Å². The Hall–Kier alpha value is -6.58. The Balaban J connectivity index is 1.33. The number of rotatable bonds is 15. The van der Waals surface area contributed by atoms with Crippen LogP contribution in [0.3, 0.4) is 0 Å². The van der Waals surface area contributed by atoms with E-state index in [9.17, 15) is 43.8 Å². The van der Waals surface area contributed by atoms with Crippen molar-refractivity contribution in [2.75, 3.05) is 26.2 Å². The van der Waals surface area contributed by atoms with Gasteiger partial charge in [0.1, 0.15) is 30.2 Å². The number of carbonyl (C=O) groups is 7. The van der Waals surface area contributed by atoms with Crippen molar-refractivity contribution >= 4 is 58.3 Å². The topological polar surface area (TPSA) is 339 Å². The van der Waals surface area contributed by atoms with Gasteiger partial charge in [-0.05, 0) is 93.7 Å². The van der Waals surface area contributed by atoms with Gasteiger partial charge in [-0.25, -0.2) is 0 Å². The number of aromatic nitrogens is 1. The number of aliphatic hydroxyl groups is 1. The Bertz CT molecular complexity index is 2250. The van der Waals surface area contributed by atoms with Crippen molar-refractivity contribution in [2.24, 2.45) is 17.4 Å². The van der Waals surface area contributed by atoms with Crippen molar-refractivity contribution in [1.82, 2.24) is 47.1 Å². The van der Waals surface area contributed by atoms with Gasteiger partial charge in [0.15, 0.2) is 5.96 Å². The number of fused-ring (bicyclic) bond motifs is 2. The summed E-state index contributed by atoms with van der Waals surface area (Å²) in [5, 5.41) is 47.9. The highest BCUT2D eigenvalue weighted by Gasteiger charge is 2.43. The molecule has 0 spiro atoms. The lowest BCUT2D eigenvalue weighted by molar-refractivity contribution is -0.143. The van der Waals surface area contributed by atoms with Gasteiger partial charge in [-0.15, -0.1) is 0 Å². The lowest BCUT2D eigenvalue weighted by Gasteiger charge is -2.33. The Morgan fingerprint density at radius 3 is 2.29 bits per heavy atom. The molecule has 3 heterocycles. The molecule has 68 heavy (non-hydrogen) atoms. The molecule has 3 aliphatic rings. The summed E-state index contributed by atoms with van der Waals surface area (Å²) < 4.78 is 0. The molecule has 7 atom stereocenters. The predicted molar refractivity (Wildman–Crippen MR) is 251 cm³/mol. The minimum absolute atomic E-state index is 0.0000649. The van der Waals surface area contributed by atoms with Crippen LogP contribution in [0.5, 0.6) is 0 Å². The van der Waals surface area contributed by atoms with Crippen molar-refractivity contribution in [3.8, 4) is 0 Å². The Morgan fingerprint density at radius 2 is 1.56 bits per heavy atom. The SMILES string of the molecule is N=C(N)NCCC[C@@H]1NC(=O)[C@H](Cc2c[nH]c3ccccc23)NC(=O)[C@@H](C[C@H]2CC[C@@H](O)CC2)NC(=O)[C@@H]2C[C@H](N)CN2C(=O)[C@@H](NC(=O)C(Cc2ccccc2)NCC(=O)O)CCCNC1=O. The number of carbonyl (C=O) groups excluding carboxylic acids is 6. The maximum Gasteiger partial charge on any atom is 0.317 e. The average molecular weight is 943 g/mol. The number of nitrogens with zero attached hydrogens (tertiary/aromatic N) is 1. The van der Waals surface area contributed by atoms with Crippen molar-refractivity contribution in [3.05, 3.63) is 71.9 Å². The van der Waals surface area contributed by atoms with Gasteiger partial charge in [0, 0.05) is 49.2 Å². The first-order valence-corrected chi connectivity index (χ1v) is 23.5. The molecule has 21 nitrogen and oxygen atoms in total. The van der Waals surface area contributed by atoms with Gasteiger partial charge in [0.2, 0.25) is 35.4 Å². The lowest BCUT2D eigenvalue weighted by atomic mass is 9.83. The standard InChI is InChI=1S/C47H66N12O9/c48-30-23-39-45(67)58-37(21-28-14-16-31(60)17-15-28)43(65)57-38(22-29-24-53-33-11-5-4-10-32(29)33)44(66)55-34(12-6-19-52-47(49)50)41(63)51-18-7-13-35(46(68)59(39)26-30)56-42(64)36(54-25-40(61)62)20-27-8-2-1-3-9-27/h1-5,8-11,24,28,30-31,34-39,53-54,60H,6-7,12-23,25-26,48H2,(H,51,63)(H,55,66)(H,56,64)(H,57,65)(H,58,67)(H,61,62)(H4,49,50,52)/t28-,30-,31+,34-,35-,36?,37+,38-,39-/m0/s1. The average Bonchev–Trinajstić information content (AvgIpc) is 3.92. The van der Waals surface area contributed by atoms with Gasteiger partial charge < -0.3 is 63.5 Å². The molecule has 2 aliphatic heterocycles. The van der Waals surface area contributed by atoms with Gasteiger partial charge in [0.25, 0.3) is 0 Å². The molecular formula is C47H66N12O9. The van der Waals surface area contributed by atoms with Crippen LogP contribution < -0.4 is 48.7 Å². The molecule has 368 valence electrons. The fourth-order valence-corrected chi connectivity index (χ4v) is 9.33. The molecule has 6 amide bonds. The number of aromatic amines is 1. The van der Waals surface area contributed by atoms with Crippen LogP contribution in [-0.2, 0) is 46.4 Å². The van der Waals surface area contributed by atoms with Crippen molar-refractivity contribution in [3.63, 3.8) is 0 Å². The molecule has 1 saturated carbocycles. The number of nitrogens with one attached hydrogen (secondary N) is 9. The predicted octanol–water partition coefficient (Wildman–Crippen LogP) is -1.02. The van der Waals surface area contributed by atoms with Crippen molar-refractivity contribution in [2.45, 2.75) is 125 Å². The van der Waals surface area contributed by atoms with E-state index in [-0.39, 0.29) is 76.5 Å². The van der Waals surface area contributed by atoms with E-state index in [4.69, 9.17) is 16.9 Å². The molecule has 1 unspecified atom stereocenters. The summed E-state index contributed by atoms with van der Waals surface area (Å²) in [6.45, 7) is -0.363. The van der Waals surface area contributed by atoms with E-state index in [0.717, 1.165) is 22.0 Å². The number of nitrogens with two attached hydrogens (primary N) is 2.